The van der Waals surface area contributed by atoms with Gasteiger partial charge in [0, 0.05) is 36.3 Å². The first-order valence-electron chi connectivity index (χ1n) is 6.63. The van der Waals surface area contributed by atoms with Crippen LogP contribution in [-0.2, 0) is 4.74 Å². The Bertz CT molecular complexity index is 560. The van der Waals surface area contributed by atoms with Crippen molar-refractivity contribution in [3.05, 3.63) is 31.0 Å². The molecule has 0 saturated heterocycles. The van der Waals surface area contributed by atoms with Gasteiger partial charge in [-0.25, -0.2) is 4.98 Å². The molecular formula is C14H18N4O. The van der Waals surface area contributed by atoms with Gasteiger partial charge >= 0.3 is 0 Å². The van der Waals surface area contributed by atoms with E-state index in [1.54, 1.807) is 12.4 Å². The molecule has 5 nitrogen and oxygen atoms in total. The van der Waals surface area contributed by atoms with Crippen molar-refractivity contribution in [2.45, 2.75) is 31.9 Å². The van der Waals surface area contributed by atoms with Crippen molar-refractivity contribution in [1.29, 1.82) is 0 Å². The Morgan fingerprint density at radius 2 is 2.21 bits per heavy atom. The second kappa shape index (κ2) is 5.01. The van der Waals surface area contributed by atoms with Crippen LogP contribution in [-0.4, -0.2) is 27.2 Å². The van der Waals surface area contributed by atoms with Crippen LogP contribution in [0.3, 0.4) is 0 Å². The summed E-state index contributed by atoms with van der Waals surface area (Å²) in [6.07, 6.45) is 9.68. The number of hydrogen-bond donors (Lipinski definition) is 1. The lowest BCUT2D eigenvalue weighted by Gasteiger charge is -2.36. The van der Waals surface area contributed by atoms with Gasteiger partial charge in [0.1, 0.15) is 0 Å². The zero-order chi connectivity index (χ0) is 13.2. The molecule has 2 aromatic heterocycles. The molecule has 2 heterocycles. The van der Waals surface area contributed by atoms with Crippen LogP contribution in [0.4, 0.5) is 5.69 Å². The highest BCUT2D eigenvalue weighted by Crippen LogP contribution is 2.38. The number of imidazole rings is 1. The third-order valence-corrected chi connectivity index (χ3v) is 3.66. The number of anilines is 1. The maximum Gasteiger partial charge on any atom is 0.0953 e. The molecule has 100 valence electrons. The number of nitrogens with zero attached hydrogens (tertiary/aromatic N) is 3. The van der Waals surface area contributed by atoms with Crippen LogP contribution in [0.25, 0.3) is 11.3 Å². The highest BCUT2D eigenvalue weighted by atomic mass is 16.5. The van der Waals surface area contributed by atoms with E-state index in [1.165, 1.54) is 0 Å². The lowest BCUT2D eigenvalue weighted by atomic mass is 9.88. The number of rotatable bonds is 4. The molecule has 1 saturated carbocycles. The van der Waals surface area contributed by atoms with Crippen molar-refractivity contribution >= 4 is 5.69 Å². The van der Waals surface area contributed by atoms with E-state index in [2.05, 4.69) is 14.5 Å². The fourth-order valence-electron chi connectivity index (χ4n) is 2.56. The summed E-state index contributed by atoms with van der Waals surface area (Å²) in [7, 11) is 0. The summed E-state index contributed by atoms with van der Waals surface area (Å²) < 4.78 is 7.79. The minimum atomic E-state index is 0.386. The average molecular weight is 258 g/mol. The highest BCUT2D eigenvalue weighted by molar-refractivity contribution is 5.72. The molecule has 3 rings (SSSR count). The molecule has 0 unspecified atom stereocenters. The molecule has 19 heavy (non-hydrogen) atoms. The van der Waals surface area contributed by atoms with Gasteiger partial charge in [0.05, 0.1) is 24.3 Å². The number of aromatic nitrogens is 3. The second-order valence-electron chi connectivity index (χ2n) is 4.85. The van der Waals surface area contributed by atoms with Crippen molar-refractivity contribution in [1.82, 2.24) is 14.5 Å². The molecule has 0 amide bonds. The third-order valence-electron chi connectivity index (χ3n) is 3.66. The molecule has 1 aliphatic rings. The Morgan fingerprint density at radius 1 is 1.37 bits per heavy atom. The van der Waals surface area contributed by atoms with Crippen LogP contribution in [0.1, 0.15) is 25.8 Å². The minimum Gasteiger partial charge on any atom is -0.398 e. The summed E-state index contributed by atoms with van der Waals surface area (Å²) in [5.41, 5.74) is 8.72. The van der Waals surface area contributed by atoms with E-state index in [4.69, 9.17) is 10.5 Å². The first-order valence-corrected chi connectivity index (χ1v) is 6.63. The van der Waals surface area contributed by atoms with Crippen LogP contribution in [0.15, 0.2) is 31.0 Å². The van der Waals surface area contributed by atoms with Gasteiger partial charge in [-0.3, -0.25) is 4.98 Å². The van der Waals surface area contributed by atoms with Gasteiger partial charge in [-0.05, 0) is 25.8 Å². The van der Waals surface area contributed by atoms with E-state index < -0.39 is 0 Å². The molecule has 1 fully saturated rings. The van der Waals surface area contributed by atoms with Crippen LogP contribution in [0.5, 0.6) is 0 Å². The molecule has 0 spiro atoms. The molecule has 5 heteroatoms. The van der Waals surface area contributed by atoms with Crippen molar-refractivity contribution in [2.75, 3.05) is 12.3 Å². The number of hydrogen-bond acceptors (Lipinski definition) is 4. The summed E-state index contributed by atoms with van der Waals surface area (Å²) in [4.78, 5) is 8.40. The van der Waals surface area contributed by atoms with Gasteiger partial charge in [-0.2, -0.15) is 0 Å². The first-order chi connectivity index (χ1) is 9.29. The molecule has 1 aliphatic carbocycles. The summed E-state index contributed by atoms with van der Waals surface area (Å²) in [5.74, 6) is 0. The second-order valence-corrected chi connectivity index (χ2v) is 4.85. The van der Waals surface area contributed by atoms with Gasteiger partial charge in [0.25, 0.3) is 0 Å². The monoisotopic (exact) mass is 258 g/mol. The van der Waals surface area contributed by atoms with E-state index in [-0.39, 0.29) is 0 Å². The smallest absolute Gasteiger partial charge is 0.0953 e. The predicted molar refractivity (Wildman–Crippen MR) is 73.6 cm³/mol. The Balaban J connectivity index is 1.83. The quantitative estimate of drug-likeness (QED) is 0.913. The van der Waals surface area contributed by atoms with E-state index >= 15 is 0 Å². The fraction of sp³-hybridized carbons (Fsp3) is 0.429. The minimum absolute atomic E-state index is 0.386. The standard InChI is InChI=1S/C14H18N4O/c1-2-19-11-5-10(6-11)18-9-17-8-14(18)12-7-16-4-3-13(12)15/h3-4,7-11H,2,5-6H2,1H3,(H2,15,16). The van der Waals surface area contributed by atoms with Crippen molar-refractivity contribution in [3.8, 4) is 11.3 Å². The van der Waals surface area contributed by atoms with Gasteiger partial charge in [0.2, 0.25) is 0 Å². The molecule has 2 aromatic rings. The summed E-state index contributed by atoms with van der Waals surface area (Å²) >= 11 is 0. The number of nitrogen functional groups attached to an aromatic ring is 1. The van der Waals surface area contributed by atoms with Crippen molar-refractivity contribution < 1.29 is 4.74 Å². The van der Waals surface area contributed by atoms with Crippen LogP contribution >= 0.6 is 0 Å². The molecule has 0 aromatic carbocycles. The molecule has 0 bridgehead atoms. The normalized spacial score (nSPS) is 22.2. The van der Waals surface area contributed by atoms with Crippen molar-refractivity contribution in [2.24, 2.45) is 0 Å². The van der Waals surface area contributed by atoms with Gasteiger partial charge in [0.15, 0.2) is 0 Å². The Hall–Kier alpha value is -1.88. The largest absolute Gasteiger partial charge is 0.398 e. The molecule has 0 radical (unpaired) electrons. The van der Waals surface area contributed by atoms with E-state index in [1.807, 2.05) is 25.5 Å². The van der Waals surface area contributed by atoms with Crippen LogP contribution < -0.4 is 5.73 Å². The molecule has 0 aliphatic heterocycles. The van der Waals surface area contributed by atoms with E-state index in [9.17, 15) is 0 Å². The van der Waals surface area contributed by atoms with E-state index in [0.29, 0.717) is 12.1 Å². The van der Waals surface area contributed by atoms with Crippen LogP contribution in [0, 0.1) is 0 Å². The molecule has 0 atom stereocenters. The summed E-state index contributed by atoms with van der Waals surface area (Å²) in [6, 6.07) is 2.27. The topological polar surface area (TPSA) is 66.0 Å². The lowest BCUT2D eigenvalue weighted by Crippen LogP contribution is -2.33. The van der Waals surface area contributed by atoms with Gasteiger partial charge < -0.3 is 15.0 Å². The fourth-order valence-corrected chi connectivity index (χ4v) is 2.56. The SMILES string of the molecule is CCOC1CC(n2cncc2-c2cnccc2N)C1. The van der Waals surface area contributed by atoms with Crippen molar-refractivity contribution in [3.63, 3.8) is 0 Å². The molecular weight excluding hydrogens is 240 g/mol. The number of nitrogens with two attached hydrogens (primary N) is 1. The lowest BCUT2D eigenvalue weighted by molar-refractivity contribution is -0.0193. The van der Waals surface area contributed by atoms with Gasteiger partial charge in [-0.15, -0.1) is 0 Å². The highest BCUT2D eigenvalue weighted by Gasteiger charge is 2.32. The molecule has 2 N–H and O–H groups in total. The zero-order valence-corrected chi connectivity index (χ0v) is 11.0. The third kappa shape index (κ3) is 2.21. The zero-order valence-electron chi connectivity index (χ0n) is 11.0. The maximum atomic E-state index is 6.01. The predicted octanol–water partition coefficient (Wildman–Crippen LogP) is 2.27. The number of pyridine rings is 1. The summed E-state index contributed by atoms with van der Waals surface area (Å²) in [6.45, 7) is 2.82. The Morgan fingerprint density at radius 3 is 2.95 bits per heavy atom. The van der Waals surface area contributed by atoms with Crippen LogP contribution in [0.2, 0.25) is 0 Å². The average Bonchev–Trinajstić information content (AvgIpc) is 2.82. The number of ether oxygens (including phenoxy) is 1. The maximum absolute atomic E-state index is 6.01. The Kier molecular flexibility index (Phi) is 3.21. The summed E-state index contributed by atoms with van der Waals surface area (Å²) in [5, 5.41) is 0. The van der Waals surface area contributed by atoms with Gasteiger partial charge in [-0.1, -0.05) is 0 Å². The van der Waals surface area contributed by atoms with E-state index in [0.717, 1.165) is 36.4 Å². The first kappa shape index (κ1) is 12.2. The Labute approximate surface area is 112 Å².